The zero-order valence-corrected chi connectivity index (χ0v) is 18.5. The number of carbonyl (C=O) groups is 1. The van der Waals surface area contributed by atoms with Crippen molar-refractivity contribution in [3.63, 3.8) is 0 Å². The molecule has 4 rings (SSSR count). The third kappa shape index (κ3) is 4.00. The lowest BCUT2D eigenvalue weighted by atomic mass is 9.98. The number of rotatable bonds is 4. The van der Waals surface area contributed by atoms with E-state index in [9.17, 15) is 13.2 Å². The summed E-state index contributed by atoms with van der Waals surface area (Å²) in [5.74, 6) is -0.506. The number of carbonyl (C=O) groups excluding carboxylic acids is 1. The second kappa shape index (κ2) is 8.46. The van der Waals surface area contributed by atoms with Crippen molar-refractivity contribution < 1.29 is 13.2 Å². The number of thiazole rings is 1. The van der Waals surface area contributed by atoms with Crippen LogP contribution >= 0.6 is 22.9 Å². The number of nitrogens with one attached hydrogen (secondary N) is 1. The summed E-state index contributed by atoms with van der Waals surface area (Å²) in [6.07, 6.45) is 2.27. The summed E-state index contributed by atoms with van der Waals surface area (Å²) in [7, 11) is -1.84. The minimum absolute atomic E-state index is 0.0122. The van der Waals surface area contributed by atoms with Crippen LogP contribution in [0.2, 0.25) is 5.15 Å². The van der Waals surface area contributed by atoms with E-state index in [-0.39, 0.29) is 35.0 Å². The van der Waals surface area contributed by atoms with Gasteiger partial charge in [-0.3, -0.25) is 4.79 Å². The van der Waals surface area contributed by atoms with Crippen LogP contribution in [-0.4, -0.2) is 41.3 Å². The molecule has 1 N–H and O–H groups in total. The van der Waals surface area contributed by atoms with E-state index < -0.39 is 10.0 Å². The molecule has 158 valence electrons. The molecule has 1 aliphatic heterocycles. The van der Waals surface area contributed by atoms with Crippen molar-refractivity contribution >= 4 is 49.1 Å². The Kier molecular flexibility index (Phi) is 5.92. The third-order valence-corrected chi connectivity index (χ3v) is 8.60. The molecule has 30 heavy (non-hydrogen) atoms. The third-order valence-electron chi connectivity index (χ3n) is 5.14. The minimum atomic E-state index is -3.74. The zero-order chi connectivity index (χ0) is 21.3. The maximum absolute atomic E-state index is 12.8. The normalized spacial score (nSPS) is 16.8. The summed E-state index contributed by atoms with van der Waals surface area (Å²) >= 11 is 7.45. The van der Waals surface area contributed by atoms with Crippen molar-refractivity contribution in [1.82, 2.24) is 19.3 Å². The molecule has 1 aliphatic rings. The predicted octanol–water partition coefficient (Wildman–Crippen LogP) is 2.32. The minimum Gasteiger partial charge on any atom is -0.318 e. The first kappa shape index (κ1) is 21.0. The summed E-state index contributed by atoms with van der Waals surface area (Å²) in [6.45, 7) is 0.477. The zero-order valence-electron chi connectivity index (χ0n) is 16.2. The number of aromatic nitrogens is 2. The van der Waals surface area contributed by atoms with Gasteiger partial charge in [-0.05, 0) is 37.1 Å². The van der Waals surface area contributed by atoms with E-state index in [1.807, 2.05) is 35.9 Å². The van der Waals surface area contributed by atoms with Gasteiger partial charge in [0, 0.05) is 32.3 Å². The van der Waals surface area contributed by atoms with E-state index in [2.05, 4.69) is 15.5 Å². The van der Waals surface area contributed by atoms with Crippen molar-refractivity contribution in [3.05, 3.63) is 52.5 Å². The van der Waals surface area contributed by atoms with Crippen molar-refractivity contribution in [2.24, 2.45) is 18.1 Å². The number of hydrogen-bond donors (Lipinski definition) is 1. The second-order valence-corrected chi connectivity index (χ2v) is 10.2. The summed E-state index contributed by atoms with van der Waals surface area (Å²) in [5.41, 5.74) is 3.69. The molecule has 1 aromatic carbocycles. The number of aryl methyl sites for hydroxylation is 1. The molecule has 1 fully saturated rings. The number of amides is 1. The van der Waals surface area contributed by atoms with Crippen LogP contribution in [0.15, 0.2) is 52.6 Å². The van der Waals surface area contributed by atoms with Crippen LogP contribution in [0.1, 0.15) is 12.8 Å². The highest BCUT2D eigenvalue weighted by molar-refractivity contribution is 7.89. The van der Waals surface area contributed by atoms with Gasteiger partial charge in [-0.1, -0.05) is 35.1 Å². The van der Waals surface area contributed by atoms with Crippen LogP contribution < -0.4 is 10.2 Å². The Labute approximate surface area is 182 Å². The number of nitrogens with zero attached hydrogens (tertiary/aromatic N) is 4. The molecule has 0 spiro atoms. The van der Waals surface area contributed by atoms with E-state index in [1.165, 1.54) is 34.0 Å². The number of benzene rings is 1. The molecule has 3 heterocycles. The molecular weight excluding hydrogens is 446 g/mol. The van der Waals surface area contributed by atoms with E-state index >= 15 is 0 Å². The van der Waals surface area contributed by atoms with Gasteiger partial charge in [-0.15, -0.1) is 5.10 Å². The maximum atomic E-state index is 12.8. The lowest BCUT2D eigenvalue weighted by Crippen LogP contribution is -2.42. The summed E-state index contributed by atoms with van der Waals surface area (Å²) in [4.78, 5) is 17.1. The Hall–Kier alpha value is -2.27. The van der Waals surface area contributed by atoms with Gasteiger partial charge in [0.15, 0.2) is 0 Å². The van der Waals surface area contributed by atoms with Crippen LogP contribution in [0.25, 0.3) is 10.2 Å². The first-order valence-electron chi connectivity index (χ1n) is 9.37. The molecular formula is C19H20ClN5O3S2. The molecule has 0 unspecified atom stereocenters. The topological polar surface area (TPSA) is 96.7 Å². The molecule has 11 heteroatoms. The molecule has 2 aromatic heterocycles. The van der Waals surface area contributed by atoms with E-state index in [1.54, 1.807) is 0 Å². The summed E-state index contributed by atoms with van der Waals surface area (Å²) < 4.78 is 30.0. The molecule has 0 saturated carbocycles. The number of hydrogen-bond acceptors (Lipinski definition) is 6. The Balaban J connectivity index is 1.42. The van der Waals surface area contributed by atoms with Crippen LogP contribution in [0.5, 0.6) is 0 Å². The smallest absolute Gasteiger partial charge is 0.246 e. The quantitative estimate of drug-likeness (QED) is 0.472. The fraction of sp³-hybridized carbons (Fsp3) is 0.316. The van der Waals surface area contributed by atoms with Gasteiger partial charge in [-0.25, -0.2) is 18.8 Å². The van der Waals surface area contributed by atoms with Crippen molar-refractivity contribution in [2.45, 2.75) is 17.7 Å². The van der Waals surface area contributed by atoms with Gasteiger partial charge in [0.1, 0.15) is 10.0 Å². The fourth-order valence-electron chi connectivity index (χ4n) is 3.44. The van der Waals surface area contributed by atoms with Crippen molar-refractivity contribution in [3.8, 4) is 0 Å². The molecule has 1 saturated heterocycles. The molecule has 0 bridgehead atoms. The second-order valence-electron chi connectivity index (χ2n) is 6.97. The number of piperidine rings is 1. The Bertz CT molecular complexity index is 1260. The van der Waals surface area contributed by atoms with Gasteiger partial charge in [0.25, 0.3) is 0 Å². The average Bonchev–Trinajstić information content (AvgIpc) is 3.08. The van der Waals surface area contributed by atoms with E-state index in [0.29, 0.717) is 17.6 Å². The van der Waals surface area contributed by atoms with Crippen molar-refractivity contribution in [2.75, 3.05) is 13.1 Å². The number of para-hydroxylation sites is 1. The molecule has 3 aromatic rings. The molecule has 1 amide bonds. The standard InChI is InChI=1S/C19H20ClN5O3S2/c1-24-14-5-2-3-6-15(14)29-19(24)23-22-18(26)13-8-11-25(12-9-13)30(27,28)16-7-4-10-21-17(16)20/h2-7,10,13H,8-9,11-12H2,1H3,(H,22,26)/b23-19-. The average molecular weight is 466 g/mol. The lowest BCUT2D eigenvalue weighted by Gasteiger charge is -2.30. The number of halogens is 1. The van der Waals surface area contributed by atoms with Crippen LogP contribution in [-0.2, 0) is 21.9 Å². The fourth-order valence-corrected chi connectivity index (χ4v) is 6.32. The van der Waals surface area contributed by atoms with Crippen LogP contribution in [0.3, 0.4) is 0 Å². The number of sulfonamides is 1. The first-order chi connectivity index (χ1) is 14.4. The van der Waals surface area contributed by atoms with Crippen LogP contribution in [0, 0.1) is 5.92 Å². The van der Waals surface area contributed by atoms with Crippen molar-refractivity contribution in [1.29, 1.82) is 0 Å². The Morgan fingerprint density at radius 3 is 2.67 bits per heavy atom. The van der Waals surface area contributed by atoms with Gasteiger partial charge in [0.2, 0.25) is 20.7 Å². The summed E-state index contributed by atoms with van der Waals surface area (Å²) in [6, 6.07) is 10.9. The predicted molar refractivity (Wildman–Crippen MR) is 115 cm³/mol. The highest BCUT2D eigenvalue weighted by atomic mass is 35.5. The molecule has 8 nitrogen and oxygen atoms in total. The maximum Gasteiger partial charge on any atom is 0.246 e. The van der Waals surface area contributed by atoms with Gasteiger partial charge < -0.3 is 4.57 Å². The monoisotopic (exact) mass is 465 g/mol. The van der Waals surface area contributed by atoms with E-state index in [4.69, 9.17) is 11.6 Å². The van der Waals surface area contributed by atoms with Gasteiger partial charge in [-0.2, -0.15) is 4.31 Å². The highest BCUT2D eigenvalue weighted by Crippen LogP contribution is 2.27. The SMILES string of the molecule is Cn1/c(=N/NC(=O)C2CCN(S(=O)(=O)c3cccnc3Cl)CC2)sc2ccccc21. The molecule has 0 radical (unpaired) electrons. The largest absolute Gasteiger partial charge is 0.318 e. The van der Waals surface area contributed by atoms with E-state index in [0.717, 1.165) is 10.2 Å². The summed E-state index contributed by atoms with van der Waals surface area (Å²) in [5, 5.41) is 4.22. The Morgan fingerprint density at radius 1 is 1.23 bits per heavy atom. The van der Waals surface area contributed by atoms with Gasteiger partial charge in [0.05, 0.1) is 10.2 Å². The lowest BCUT2D eigenvalue weighted by molar-refractivity contribution is -0.126. The number of pyridine rings is 1. The van der Waals surface area contributed by atoms with Gasteiger partial charge >= 0.3 is 0 Å². The highest BCUT2D eigenvalue weighted by Gasteiger charge is 2.33. The van der Waals surface area contributed by atoms with Crippen LogP contribution in [0.4, 0.5) is 0 Å². The molecule has 0 aliphatic carbocycles. The number of fused-ring (bicyclic) bond motifs is 1. The molecule has 0 atom stereocenters. The first-order valence-corrected chi connectivity index (χ1v) is 12.0. The Morgan fingerprint density at radius 2 is 1.97 bits per heavy atom.